The van der Waals surface area contributed by atoms with Crippen molar-refractivity contribution < 1.29 is 9.53 Å². The number of nitrogens with two attached hydrogens (primary N) is 1. The molecule has 1 aromatic carbocycles. The van der Waals surface area contributed by atoms with Crippen molar-refractivity contribution in [3.63, 3.8) is 0 Å². The summed E-state index contributed by atoms with van der Waals surface area (Å²) in [6.45, 7) is 3.00. The zero-order valence-electron chi connectivity index (χ0n) is 17.5. The standard InChI is InChI=1S/C23H32N4O2S/c1-16(22(28)26-13-17-7-5-6-8-17)29-23-21(25-14-19(24)15-30)12-11-20(27-23)18-9-3-2-4-10-18/h2-4,9-12,16-17,19,25,30H,5-8,13-15,24H2,1H3,(H,26,28)/t16-,19?/m1/s1. The fraction of sp³-hybridized carbons (Fsp3) is 0.478. The van der Waals surface area contributed by atoms with Gasteiger partial charge in [0.05, 0.1) is 11.4 Å². The van der Waals surface area contributed by atoms with E-state index < -0.39 is 6.10 Å². The van der Waals surface area contributed by atoms with E-state index in [0.717, 1.165) is 11.3 Å². The number of hydrogen-bond acceptors (Lipinski definition) is 6. The Labute approximate surface area is 184 Å². The summed E-state index contributed by atoms with van der Waals surface area (Å²) in [4.78, 5) is 17.3. The molecule has 7 heteroatoms. The lowest BCUT2D eigenvalue weighted by molar-refractivity contribution is -0.127. The van der Waals surface area contributed by atoms with Gasteiger partial charge < -0.3 is 21.1 Å². The summed E-state index contributed by atoms with van der Waals surface area (Å²) < 4.78 is 6.00. The minimum absolute atomic E-state index is 0.0953. The third-order valence-corrected chi connectivity index (χ3v) is 5.89. The van der Waals surface area contributed by atoms with E-state index >= 15 is 0 Å². The van der Waals surface area contributed by atoms with Crippen LogP contribution in [0.25, 0.3) is 11.3 Å². The quantitative estimate of drug-likeness (QED) is 0.435. The van der Waals surface area contributed by atoms with Gasteiger partial charge in [0.2, 0.25) is 5.88 Å². The van der Waals surface area contributed by atoms with Gasteiger partial charge in [0.15, 0.2) is 6.10 Å². The van der Waals surface area contributed by atoms with Crippen molar-refractivity contribution in [2.45, 2.75) is 44.8 Å². The second-order valence-corrected chi connectivity index (χ2v) is 8.26. The molecule has 2 atom stereocenters. The normalized spacial score (nSPS) is 16.1. The van der Waals surface area contributed by atoms with Crippen LogP contribution in [0.15, 0.2) is 42.5 Å². The maximum atomic E-state index is 12.6. The Morgan fingerprint density at radius 2 is 1.97 bits per heavy atom. The number of ether oxygens (including phenoxy) is 1. The number of pyridine rings is 1. The van der Waals surface area contributed by atoms with Gasteiger partial charge in [0, 0.05) is 30.4 Å². The largest absolute Gasteiger partial charge is 0.463 e. The SMILES string of the molecule is C[C@@H](Oc1nc(-c2ccccc2)ccc1NCC(N)CS)C(=O)NCC1CCCC1. The van der Waals surface area contributed by atoms with Gasteiger partial charge in [0.1, 0.15) is 0 Å². The number of benzene rings is 1. The van der Waals surface area contributed by atoms with E-state index in [1.54, 1.807) is 6.92 Å². The van der Waals surface area contributed by atoms with Crippen molar-refractivity contribution in [2.75, 3.05) is 24.2 Å². The van der Waals surface area contributed by atoms with Crippen LogP contribution in [0, 0.1) is 5.92 Å². The number of thiol groups is 1. The maximum absolute atomic E-state index is 12.6. The van der Waals surface area contributed by atoms with Crippen LogP contribution in [-0.4, -0.2) is 41.9 Å². The number of nitrogens with zero attached hydrogens (tertiary/aromatic N) is 1. The molecule has 0 saturated heterocycles. The smallest absolute Gasteiger partial charge is 0.260 e. The monoisotopic (exact) mass is 428 g/mol. The molecule has 1 amide bonds. The van der Waals surface area contributed by atoms with Crippen molar-refractivity contribution in [2.24, 2.45) is 11.7 Å². The lowest BCUT2D eigenvalue weighted by Gasteiger charge is -2.19. The molecule has 0 spiro atoms. The van der Waals surface area contributed by atoms with Crippen molar-refractivity contribution in [3.8, 4) is 17.1 Å². The molecule has 1 aliphatic rings. The topological polar surface area (TPSA) is 89.3 Å². The third-order valence-electron chi connectivity index (χ3n) is 5.42. The predicted octanol–water partition coefficient (Wildman–Crippen LogP) is 3.49. The zero-order chi connectivity index (χ0) is 21.3. The van der Waals surface area contributed by atoms with E-state index in [-0.39, 0.29) is 11.9 Å². The highest BCUT2D eigenvalue weighted by Crippen LogP contribution is 2.28. The number of nitrogens with one attached hydrogen (secondary N) is 2. The van der Waals surface area contributed by atoms with Crippen molar-refractivity contribution in [1.82, 2.24) is 10.3 Å². The number of carbonyl (C=O) groups excluding carboxylic acids is 1. The van der Waals surface area contributed by atoms with E-state index in [1.807, 2.05) is 42.5 Å². The summed E-state index contributed by atoms with van der Waals surface area (Å²) >= 11 is 4.23. The van der Waals surface area contributed by atoms with Crippen molar-refractivity contribution >= 4 is 24.2 Å². The molecule has 4 N–H and O–H groups in total. The van der Waals surface area contributed by atoms with E-state index in [9.17, 15) is 4.79 Å². The molecule has 162 valence electrons. The van der Waals surface area contributed by atoms with Crippen LogP contribution >= 0.6 is 12.6 Å². The number of anilines is 1. The van der Waals surface area contributed by atoms with Gasteiger partial charge in [-0.05, 0) is 37.8 Å². The van der Waals surface area contributed by atoms with Gasteiger partial charge in [-0.3, -0.25) is 4.79 Å². The van der Waals surface area contributed by atoms with E-state index in [1.165, 1.54) is 25.7 Å². The summed E-state index contributed by atoms with van der Waals surface area (Å²) in [6.07, 6.45) is 4.24. The summed E-state index contributed by atoms with van der Waals surface area (Å²) in [5, 5.41) is 6.30. The highest BCUT2D eigenvalue weighted by molar-refractivity contribution is 7.80. The van der Waals surface area contributed by atoms with Crippen LogP contribution < -0.4 is 21.1 Å². The molecule has 1 unspecified atom stereocenters. The summed E-state index contributed by atoms with van der Waals surface area (Å²) in [5.41, 5.74) is 8.46. The van der Waals surface area contributed by atoms with E-state index in [2.05, 4.69) is 28.2 Å². The van der Waals surface area contributed by atoms with Gasteiger partial charge >= 0.3 is 0 Å². The molecule has 3 rings (SSSR count). The number of hydrogen-bond donors (Lipinski definition) is 4. The zero-order valence-corrected chi connectivity index (χ0v) is 18.4. The van der Waals surface area contributed by atoms with Crippen LogP contribution in [0.4, 0.5) is 5.69 Å². The van der Waals surface area contributed by atoms with Gasteiger partial charge in [-0.1, -0.05) is 43.2 Å². The molecule has 0 bridgehead atoms. The van der Waals surface area contributed by atoms with E-state index in [0.29, 0.717) is 36.3 Å². The first-order valence-electron chi connectivity index (χ1n) is 10.7. The molecule has 30 heavy (non-hydrogen) atoms. The first-order valence-corrected chi connectivity index (χ1v) is 11.3. The fourth-order valence-corrected chi connectivity index (χ4v) is 3.69. The lowest BCUT2D eigenvalue weighted by Crippen LogP contribution is -2.38. The van der Waals surface area contributed by atoms with Crippen LogP contribution in [0.3, 0.4) is 0 Å². The van der Waals surface area contributed by atoms with E-state index in [4.69, 9.17) is 10.5 Å². The van der Waals surface area contributed by atoms with Gasteiger partial charge in [-0.25, -0.2) is 4.98 Å². The number of amides is 1. The molecular formula is C23H32N4O2S. The predicted molar refractivity (Wildman–Crippen MR) is 125 cm³/mol. The highest BCUT2D eigenvalue weighted by Gasteiger charge is 2.21. The summed E-state index contributed by atoms with van der Waals surface area (Å²) in [5.74, 6) is 1.43. The minimum Gasteiger partial charge on any atom is -0.463 e. The number of rotatable bonds is 10. The molecular weight excluding hydrogens is 396 g/mol. The van der Waals surface area contributed by atoms with Crippen molar-refractivity contribution in [3.05, 3.63) is 42.5 Å². The van der Waals surface area contributed by atoms with Crippen LogP contribution in [-0.2, 0) is 4.79 Å². The van der Waals surface area contributed by atoms with Crippen LogP contribution in [0.5, 0.6) is 5.88 Å². The van der Waals surface area contributed by atoms with Crippen molar-refractivity contribution in [1.29, 1.82) is 0 Å². The first-order chi connectivity index (χ1) is 14.6. The van der Waals surface area contributed by atoms with Gasteiger partial charge in [-0.15, -0.1) is 0 Å². The third kappa shape index (κ3) is 6.37. The molecule has 6 nitrogen and oxygen atoms in total. The molecule has 0 aliphatic heterocycles. The molecule has 2 aromatic rings. The lowest BCUT2D eigenvalue weighted by atomic mass is 10.1. The molecule has 1 aliphatic carbocycles. The number of carbonyl (C=O) groups is 1. The Bertz CT molecular complexity index is 812. The Hall–Kier alpha value is -2.25. The summed E-state index contributed by atoms with van der Waals surface area (Å²) in [6, 6.07) is 13.6. The molecule has 1 heterocycles. The second-order valence-electron chi connectivity index (χ2n) is 7.89. The minimum atomic E-state index is -0.649. The van der Waals surface area contributed by atoms with Gasteiger partial charge in [0.25, 0.3) is 5.91 Å². The summed E-state index contributed by atoms with van der Waals surface area (Å²) in [7, 11) is 0. The Morgan fingerprint density at radius 1 is 1.23 bits per heavy atom. The molecule has 1 fully saturated rings. The molecule has 1 aromatic heterocycles. The Kier molecular flexibility index (Phi) is 8.39. The number of aromatic nitrogens is 1. The average molecular weight is 429 g/mol. The average Bonchev–Trinajstić information content (AvgIpc) is 3.30. The Balaban J connectivity index is 1.72. The molecule has 1 saturated carbocycles. The fourth-order valence-electron chi connectivity index (χ4n) is 3.56. The Morgan fingerprint density at radius 3 is 2.67 bits per heavy atom. The van der Waals surface area contributed by atoms with Crippen LogP contribution in [0.2, 0.25) is 0 Å². The molecule has 0 radical (unpaired) electrons. The highest BCUT2D eigenvalue weighted by atomic mass is 32.1. The van der Waals surface area contributed by atoms with Gasteiger partial charge in [-0.2, -0.15) is 12.6 Å². The van der Waals surface area contributed by atoms with Crippen LogP contribution in [0.1, 0.15) is 32.6 Å². The first kappa shape index (κ1) is 22.4. The second kappa shape index (κ2) is 11.2. The maximum Gasteiger partial charge on any atom is 0.260 e.